The van der Waals surface area contributed by atoms with Crippen molar-refractivity contribution in [3.8, 4) is 0 Å². The molecule has 2 atom stereocenters. The molecule has 1 aromatic rings. The zero-order valence-electron chi connectivity index (χ0n) is 9.23. The van der Waals surface area contributed by atoms with Crippen LogP contribution in [-0.4, -0.2) is 22.0 Å². The fraction of sp³-hybridized carbons (Fsp3) is 0.700. The molecule has 0 radical (unpaired) electrons. The predicted octanol–water partition coefficient (Wildman–Crippen LogP) is 0.494. The number of rotatable bonds is 3. The second-order valence-corrected chi connectivity index (χ2v) is 4.31. The van der Waals surface area contributed by atoms with Crippen molar-refractivity contribution in [2.24, 2.45) is 12.9 Å². The first-order chi connectivity index (χ1) is 7.15. The Morgan fingerprint density at radius 2 is 2.53 bits per heavy atom. The Balaban J connectivity index is 2.23. The van der Waals surface area contributed by atoms with Crippen LogP contribution in [0, 0.1) is 0 Å². The first-order valence-electron chi connectivity index (χ1n) is 5.24. The van der Waals surface area contributed by atoms with Crippen molar-refractivity contribution < 1.29 is 4.74 Å². The van der Waals surface area contributed by atoms with Crippen molar-refractivity contribution in [2.75, 3.05) is 6.61 Å². The van der Waals surface area contributed by atoms with Gasteiger partial charge in [-0.15, -0.1) is 0 Å². The average Bonchev–Trinajstić information content (AvgIpc) is 2.78. The van der Waals surface area contributed by atoms with E-state index in [1.165, 1.54) is 0 Å². The minimum atomic E-state index is -0.211. The molecule has 1 fully saturated rings. The second-order valence-electron chi connectivity index (χ2n) is 4.31. The molecule has 2 unspecified atom stereocenters. The molecule has 1 aliphatic rings. The Bertz CT molecular complexity index is 330. The summed E-state index contributed by atoms with van der Waals surface area (Å²) in [5, 5.41) is 4.15. The number of nitrogens with one attached hydrogen (secondary N) is 1. The summed E-state index contributed by atoms with van der Waals surface area (Å²) in [6, 6.07) is 0.00806. The number of hydrazine groups is 1. The van der Waals surface area contributed by atoms with E-state index in [1.54, 1.807) is 4.68 Å². The molecule has 0 aromatic carbocycles. The molecule has 1 aromatic heterocycles. The van der Waals surface area contributed by atoms with E-state index < -0.39 is 0 Å². The van der Waals surface area contributed by atoms with Crippen molar-refractivity contribution in [3.05, 3.63) is 18.0 Å². The Labute approximate surface area is 89.6 Å². The van der Waals surface area contributed by atoms with Crippen molar-refractivity contribution >= 4 is 0 Å². The number of aromatic nitrogens is 2. The molecular weight excluding hydrogens is 192 g/mol. The Kier molecular flexibility index (Phi) is 2.77. The second kappa shape index (κ2) is 3.92. The van der Waals surface area contributed by atoms with E-state index >= 15 is 0 Å². The van der Waals surface area contributed by atoms with Crippen molar-refractivity contribution in [1.82, 2.24) is 15.2 Å². The van der Waals surface area contributed by atoms with Gasteiger partial charge in [-0.3, -0.25) is 10.5 Å². The van der Waals surface area contributed by atoms with Gasteiger partial charge < -0.3 is 4.74 Å². The van der Waals surface area contributed by atoms with Crippen molar-refractivity contribution in [1.29, 1.82) is 0 Å². The van der Waals surface area contributed by atoms with E-state index in [4.69, 9.17) is 10.6 Å². The molecule has 5 heteroatoms. The molecule has 0 saturated carbocycles. The molecule has 0 amide bonds. The molecular formula is C10H18N4O. The van der Waals surface area contributed by atoms with Crippen molar-refractivity contribution in [2.45, 2.75) is 31.4 Å². The Morgan fingerprint density at radius 3 is 3.00 bits per heavy atom. The lowest BCUT2D eigenvalue weighted by atomic mass is 9.90. The zero-order valence-corrected chi connectivity index (χ0v) is 9.23. The highest BCUT2D eigenvalue weighted by molar-refractivity contribution is 5.15. The fourth-order valence-corrected chi connectivity index (χ4v) is 2.24. The van der Waals surface area contributed by atoms with Gasteiger partial charge >= 0.3 is 0 Å². The standard InChI is InChI=1S/C10H18N4O/c1-10(4-3-5-15-10)9(13-11)8-6-12-14(2)7-8/h6-7,9,13H,3-5,11H2,1-2H3. The molecule has 1 aliphatic heterocycles. The van der Waals surface area contributed by atoms with E-state index in [1.807, 2.05) is 19.4 Å². The number of ether oxygens (including phenoxy) is 1. The van der Waals surface area contributed by atoms with Crippen LogP contribution in [0.5, 0.6) is 0 Å². The van der Waals surface area contributed by atoms with Crippen LogP contribution in [0.25, 0.3) is 0 Å². The molecule has 1 saturated heterocycles. The maximum Gasteiger partial charge on any atom is 0.0863 e. The number of hydrogen-bond donors (Lipinski definition) is 2. The van der Waals surface area contributed by atoms with Crippen LogP contribution in [0.3, 0.4) is 0 Å². The molecule has 3 N–H and O–H groups in total. The van der Waals surface area contributed by atoms with E-state index in [2.05, 4.69) is 17.4 Å². The highest BCUT2D eigenvalue weighted by Crippen LogP contribution is 2.36. The summed E-state index contributed by atoms with van der Waals surface area (Å²) in [6.45, 7) is 2.91. The first-order valence-corrected chi connectivity index (χ1v) is 5.24. The smallest absolute Gasteiger partial charge is 0.0863 e. The summed E-state index contributed by atoms with van der Waals surface area (Å²) in [7, 11) is 1.90. The maximum absolute atomic E-state index is 5.78. The van der Waals surface area contributed by atoms with Gasteiger partial charge in [0.1, 0.15) is 0 Å². The SMILES string of the molecule is Cn1cc(C(NN)C2(C)CCCO2)cn1. The lowest BCUT2D eigenvalue weighted by molar-refractivity contribution is -0.0125. The van der Waals surface area contributed by atoms with Crippen molar-refractivity contribution in [3.63, 3.8) is 0 Å². The van der Waals surface area contributed by atoms with Crippen LogP contribution >= 0.6 is 0 Å². The molecule has 0 bridgehead atoms. The number of aryl methyl sites for hydroxylation is 1. The lowest BCUT2D eigenvalue weighted by Gasteiger charge is -2.32. The van der Waals surface area contributed by atoms with Crippen LogP contribution in [0.15, 0.2) is 12.4 Å². The quantitative estimate of drug-likeness (QED) is 0.563. The third-order valence-corrected chi connectivity index (χ3v) is 3.08. The summed E-state index contributed by atoms with van der Waals surface area (Å²) in [6.07, 6.45) is 5.92. The van der Waals surface area contributed by atoms with Crippen LogP contribution < -0.4 is 11.3 Å². The number of hydrogen-bond acceptors (Lipinski definition) is 4. The predicted molar refractivity (Wildman–Crippen MR) is 56.9 cm³/mol. The van der Waals surface area contributed by atoms with Gasteiger partial charge in [0, 0.05) is 25.4 Å². The van der Waals surface area contributed by atoms with Gasteiger partial charge in [-0.25, -0.2) is 5.43 Å². The highest BCUT2D eigenvalue weighted by Gasteiger charge is 2.39. The summed E-state index contributed by atoms with van der Waals surface area (Å²) >= 11 is 0. The Hall–Kier alpha value is -0.910. The van der Waals surface area contributed by atoms with Crippen LogP contribution in [0.4, 0.5) is 0 Å². The fourth-order valence-electron chi connectivity index (χ4n) is 2.24. The van der Waals surface area contributed by atoms with Gasteiger partial charge in [0.2, 0.25) is 0 Å². The first kappa shape index (κ1) is 10.6. The summed E-state index contributed by atoms with van der Waals surface area (Å²) in [4.78, 5) is 0. The average molecular weight is 210 g/mol. The molecule has 0 aliphatic carbocycles. The minimum absolute atomic E-state index is 0.00806. The number of nitrogens with two attached hydrogens (primary N) is 1. The van der Waals surface area contributed by atoms with Gasteiger partial charge in [-0.1, -0.05) is 0 Å². The molecule has 2 heterocycles. The Morgan fingerprint density at radius 1 is 1.73 bits per heavy atom. The van der Waals surface area contributed by atoms with Gasteiger partial charge in [-0.05, 0) is 19.8 Å². The molecule has 5 nitrogen and oxygen atoms in total. The molecule has 15 heavy (non-hydrogen) atoms. The van der Waals surface area contributed by atoms with Gasteiger partial charge in [0.25, 0.3) is 0 Å². The highest BCUT2D eigenvalue weighted by atomic mass is 16.5. The number of nitrogens with zero attached hydrogens (tertiary/aromatic N) is 2. The monoisotopic (exact) mass is 210 g/mol. The van der Waals surface area contributed by atoms with E-state index in [0.717, 1.165) is 25.0 Å². The summed E-state index contributed by atoms with van der Waals surface area (Å²) in [5.41, 5.74) is 3.70. The van der Waals surface area contributed by atoms with Gasteiger partial charge in [0.05, 0.1) is 17.8 Å². The third kappa shape index (κ3) is 1.90. The van der Waals surface area contributed by atoms with Crippen LogP contribution in [0.2, 0.25) is 0 Å². The van der Waals surface area contributed by atoms with E-state index in [9.17, 15) is 0 Å². The lowest BCUT2D eigenvalue weighted by Crippen LogP contribution is -2.44. The van der Waals surface area contributed by atoms with E-state index in [-0.39, 0.29) is 11.6 Å². The summed E-state index contributed by atoms with van der Waals surface area (Å²) in [5.74, 6) is 5.61. The topological polar surface area (TPSA) is 65.1 Å². The van der Waals surface area contributed by atoms with Crippen LogP contribution in [0.1, 0.15) is 31.4 Å². The largest absolute Gasteiger partial charge is 0.373 e. The normalized spacial score (nSPS) is 28.2. The minimum Gasteiger partial charge on any atom is -0.373 e. The van der Waals surface area contributed by atoms with Gasteiger partial charge in [-0.2, -0.15) is 5.10 Å². The molecule has 2 rings (SSSR count). The molecule has 0 spiro atoms. The van der Waals surface area contributed by atoms with Gasteiger partial charge in [0.15, 0.2) is 0 Å². The summed E-state index contributed by atoms with van der Waals surface area (Å²) < 4.78 is 7.55. The third-order valence-electron chi connectivity index (χ3n) is 3.08. The molecule has 84 valence electrons. The zero-order chi connectivity index (χ0) is 10.9. The van der Waals surface area contributed by atoms with E-state index in [0.29, 0.717) is 0 Å². The van der Waals surface area contributed by atoms with Crippen LogP contribution in [-0.2, 0) is 11.8 Å². The maximum atomic E-state index is 5.78.